The fraction of sp³-hybridized carbons (Fsp3) is 0.667. The number of hydrogen-bond acceptors (Lipinski definition) is 5. The van der Waals surface area contributed by atoms with Gasteiger partial charge in [-0.05, 0) is 0 Å². The highest BCUT2D eigenvalue weighted by atomic mass is 79.9. The van der Waals surface area contributed by atoms with Gasteiger partial charge in [0.2, 0.25) is 5.91 Å². The zero-order valence-electron chi connectivity index (χ0n) is 9.19. The van der Waals surface area contributed by atoms with Crippen LogP contribution < -0.4 is 0 Å². The van der Waals surface area contributed by atoms with Crippen LogP contribution in [0.5, 0.6) is 0 Å². The second-order valence-electron chi connectivity index (χ2n) is 2.84. The fourth-order valence-electron chi connectivity index (χ4n) is 0.912. The highest BCUT2D eigenvalue weighted by Crippen LogP contribution is 1.99. The molecule has 0 fully saturated rings. The Labute approximate surface area is 102 Å². The van der Waals surface area contributed by atoms with Gasteiger partial charge in [0.05, 0.1) is 14.2 Å². The molecule has 0 aromatic carbocycles. The minimum atomic E-state index is -0.577. The minimum Gasteiger partial charge on any atom is -0.468 e. The summed E-state index contributed by atoms with van der Waals surface area (Å²) >= 11 is 3.11. The van der Waals surface area contributed by atoms with Crippen LogP contribution in [0.15, 0.2) is 0 Å². The van der Waals surface area contributed by atoms with E-state index in [1.165, 1.54) is 14.2 Å². The lowest BCUT2D eigenvalue weighted by Gasteiger charge is -2.19. The molecule has 0 N–H and O–H groups in total. The van der Waals surface area contributed by atoms with Crippen LogP contribution in [0.1, 0.15) is 6.42 Å². The predicted molar refractivity (Wildman–Crippen MR) is 59.0 cm³/mol. The van der Waals surface area contributed by atoms with Crippen molar-refractivity contribution in [3.63, 3.8) is 0 Å². The lowest BCUT2D eigenvalue weighted by molar-refractivity contribution is -0.151. The SMILES string of the molecule is COC(=O)CN(CC(=O)OC)C(=O)CCBr. The maximum absolute atomic E-state index is 11.5. The van der Waals surface area contributed by atoms with Crippen molar-refractivity contribution in [3.8, 4) is 0 Å². The minimum absolute atomic E-state index is 0.202. The van der Waals surface area contributed by atoms with Crippen molar-refractivity contribution in [2.75, 3.05) is 32.6 Å². The predicted octanol–water partition coefficient (Wildman–Crippen LogP) is -0.0540. The van der Waals surface area contributed by atoms with Gasteiger partial charge in [-0.2, -0.15) is 0 Å². The molecule has 0 aliphatic rings. The molecule has 0 bridgehead atoms. The van der Waals surface area contributed by atoms with Gasteiger partial charge >= 0.3 is 11.9 Å². The summed E-state index contributed by atoms with van der Waals surface area (Å²) in [5, 5.41) is 0.463. The highest BCUT2D eigenvalue weighted by Gasteiger charge is 2.20. The summed E-state index contributed by atoms with van der Waals surface area (Å²) in [6, 6.07) is 0. The summed E-state index contributed by atoms with van der Waals surface area (Å²) in [6.07, 6.45) is 0.202. The Balaban J connectivity index is 4.43. The zero-order chi connectivity index (χ0) is 12.6. The Kier molecular flexibility index (Phi) is 7.53. The van der Waals surface area contributed by atoms with Gasteiger partial charge < -0.3 is 14.4 Å². The lowest BCUT2D eigenvalue weighted by atomic mass is 10.3. The normalized spacial score (nSPS) is 9.44. The van der Waals surface area contributed by atoms with Crippen LogP contribution in [0.4, 0.5) is 0 Å². The molecule has 92 valence electrons. The Morgan fingerprint density at radius 1 is 1.06 bits per heavy atom. The summed E-state index contributed by atoms with van der Waals surface area (Å²) in [4.78, 5) is 34.7. The molecule has 1 amide bonds. The molecule has 0 spiro atoms. The number of methoxy groups -OCH3 is 2. The van der Waals surface area contributed by atoms with Crippen molar-refractivity contribution in [3.05, 3.63) is 0 Å². The Morgan fingerprint density at radius 2 is 1.50 bits per heavy atom. The van der Waals surface area contributed by atoms with Crippen LogP contribution in [0, 0.1) is 0 Å². The quantitative estimate of drug-likeness (QED) is 0.507. The van der Waals surface area contributed by atoms with E-state index >= 15 is 0 Å². The number of nitrogens with zero attached hydrogens (tertiary/aromatic N) is 1. The molecule has 0 saturated heterocycles. The van der Waals surface area contributed by atoms with E-state index in [-0.39, 0.29) is 25.4 Å². The second-order valence-corrected chi connectivity index (χ2v) is 3.63. The number of alkyl halides is 1. The number of hydrogen-bond donors (Lipinski definition) is 0. The van der Waals surface area contributed by atoms with E-state index in [0.29, 0.717) is 5.33 Å². The van der Waals surface area contributed by atoms with Crippen LogP contribution in [-0.2, 0) is 23.9 Å². The van der Waals surface area contributed by atoms with Gasteiger partial charge in [-0.15, -0.1) is 0 Å². The van der Waals surface area contributed by atoms with E-state index in [2.05, 4.69) is 25.4 Å². The third kappa shape index (κ3) is 5.69. The van der Waals surface area contributed by atoms with Gasteiger partial charge in [0.15, 0.2) is 0 Å². The van der Waals surface area contributed by atoms with E-state index < -0.39 is 11.9 Å². The monoisotopic (exact) mass is 295 g/mol. The van der Waals surface area contributed by atoms with Crippen molar-refractivity contribution >= 4 is 33.8 Å². The maximum Gasteiger partial charge on any atom is 0.325 e. The maximum atomic E-state index is 11.5. The standard InChI is InChI=1S/C9H14BrNO5/c1-15-8(13)5-11(6-9(14)16-2)7(12)3-4-10/h3-6H2,1-2H3. The fourth-order valence-corrected chi connectivity index (χ4v) is 1.25. The average Bonchev–Trinajstić information content (AvgIpc) is 2.27. The van der Waals surface area contributed by atoms with Crippen molar-refractivity contribution in [1.29, 1.82) is 0 Å². The van der Waals surface area contributed by atoms with Gasteiger partial charge in [0.25, 0.3) is 0 Å². The molecule has 7 heteroatoms. The Hall–Kier alpha value is -1.11. The van der Waals surface area contributed by atoms with Gasteiger partial charge in [-0.25, -0.2) is 0 Å². The van der Waals surface area contributed by atoms with E-state index in [9.17, 15) is 14.4 Å². The molecular weight excluding hydrogens is 282 g/mol. The van der Waals surface area contributed by atoms with E-state index in [0.717, 1.165) is 4.90 Å². The van der Waals surface area contributed by atoms with Crippen molar-refractivity contribution < 1.29 is 23.9 Å². The Morgan fingerprint density at radius 3 is 1.81 bits per heavy atom. The lowest BCUT2D eigenvalue weighted by Crippen LogP contribution is -2.40. The molecule has 0 unspecified atom stereocenters. The molecule has 0 radical (unpaired) electrons. The smallest absolute Gasteiger partial charge is 0.325 e. The van der Waals surface area contributed by atoms with Crippen LogP contribution in [-0.4, -0.2) is 55.4 Å². The third-order valence-electron chi connectivity index (χ3n) is 1.76. The number of halogens is 1. The molecule has 0 atom stereocenters. The summed E-state index contributed by atoms with van der Waals surface area (Å²) in [5.74, 6) is -1.47. The number of esters is 2. The molecule has 0 rings (SSSR count). The van der Waals surface area contributed by atoms with Gasteiger partial charge in [0, 0.05) is 11.8 Å². The van der Waals surface area contributed by atoms with Crippen LogP contribution in [0.2, 0.25) is 0 Å². The first kappa shape index (κ1) is 14.9. The van der Waals surface area contributed by atoms with Crippen LogP contribution in [0.25, 0.3) is 0 Å². The molecule has 0 aliphatic carbocycles. The molecule has 6 nitrogen and oxygen atoms in total. The van der Waals surface area contributed by atoms with E-state index in [4.69, 9.17) is 0 Å². The van der Waals surface area contributed by atoms with Crippen LogP contribution in [0.3, 0.4) is 0 Å². The molecule has 0 aliphatic heterocycles. The summed E-state index contributed by atoms with van der Waals surface area (Å²) in [6.45, 7) is -0.505. The number of ether oxygens (including phenoxy) is 2. The number of amides is 1. The highest BCUT2D eigenvalue weighted by molar-refractivity contribution is 9.09. The van der Waals surface area contributed by atoms with Crippen LogP contribution >= 0.6 is 15.9 Å². The topological polar surface area (TPSA) is 72.9 Å². The van der Waals surface area contributed by atoms with E-state index in [1.54, 1.807) is 0 Å². The third-order valence-corrected chi connectivity index (χ3v) is 2.15. The number of carbonyl (C=O) groups is 3. The average molecular weight is 296 g/mol. The summed E-state index contributed by atoms with van der Waals surface area (Å²) < 4.78 is 8.86. The van der Waals surface area contributed by atoms with Crippen molar-refractivity contribution in [2.45, 2.75) is 6.42 Å². The van der Waals surface area contributed by atoms with Gasteiger partial charge in [-0.3, -0.25) is 14.4 Å². The van der Waals surface area contributed by atoms with E-state index in [1.807, 2.05) is 0 Å². The molecule has 0 aromatic heterocycles. The molecule has 0 aromatic rings. The molecule has 0 saturated carbocycles. The number of carbonyl (C=O) groups excluding carboxylic acids is 3. The van der Waals surface area contributed by atoms with Crippen molar-refractivity contribution in [2.24, 2.45) is 0 Å². The van der Waals surface area contributed by atoms with Crippen molar-refractivity contribution in [1.82, 2.24) is 4.90 Å². The molecular formula is C9H14BrNO5. The Bertz CT molecular complexity index is 251. The first-order valence-corrected chi connectivity index (χ1v) is 5.64. The first-order valence-electron chi connectivity index (χ1n) is 4.52. The van der Waals surface area contributed by atoms with Gasteiger partial charge in [-0.1, -0.05) is 15.9 Å². The molecule has 16 heavy (non-hydrogen) atoms. The number of rotatable bonds is 6. The summed E-state index contributed by atoms with van der Waals surface area (Å²) in [5.41, 5.74) is 0. The second kappa shape index (κ2) is 8.09. The zero-order valence-corrected chi connectivity index (χ0v) is 10.8. The molecule has 0 heterocycles. The summed E-state index contributed by atoms with van der Waals surface area (Å²) in [7, 11) is 2.43. The van der Waals surface area contributed by atoms with Gasteiger partial charge in [0.1, 0.15) is 13.1 Å². The largest absolute Gasteiger partial charge is 0.468 e. The first-order chi connectivity index (χ1) is 7.54.